The molecule has 1 fully saturated rings. The Balaban J connectivity index is 1.74. The van der Waals surface area contributed by atoms with E-state index in [1.54, 1.807) is 13.1 Å². The van der Waals surface area contributed by atoms with Gasteiger partial charge in [-0.3, -0.25) is 9.20 Å². The number of rotatable bonds is 5. The molecule has 164 valence electrons. The monoisotopic (exact) mass is 468 g/mol. The lowest BCUT2D eigenvalue weighted by atomic mass is 10.1. The van der Waals surface area contributed by atoms with Crippen LogP contribution in [0.25, 0.3) is 16.3 Å². The van der Waals surface area contributed by atoms with Crippen LogP contribution in [0.4, 0.5) is 8.78 Å². The van der Waals surface area contributed by atoms with Crippen molar-refractivity contribution in [2.24, 2.45) is 0 Å². The molecule has 13 heteroatoms. The first-order chi connectivity index (χ1) is 14.6. The third-order valence-electron chi connectivity index (χ3n) is 5.56. The van der Waals surface area contributed by atoms with Crippen LogP contribution in [0, 0.1) is 0 Å². The van der Waals surface area contributed by atoms with Gasteiger partial charge in [0.2, 0.25) is 10.0 Å². The van der Waals surface area contributed by atoms with Gasteiger partial charge in [-0.2, -0.15) is 0 Å². The molecule has 1 N–H and O–H groups in total. The second-order valence-electron chi connectivity index (χ2n) is 8.09. The van der Waals surface area contributed by atoms with Gasteiger partial charge < -0.3 is 4.90 Å². The lowest BCUT2D eigenvalue weighted by Crippen LogP contribution is -2.34. The number of carbonyl (C=O) groups is 1. The van der Waals surface area contributed by atoms with Crippen LogP contribution in [-0.2, 0) is 16.4 Å². The van der Waals surface area contributed by atoms with Crippen molar-refractivity contribution < 1.29 is 22.0 Å². The van der Waals surface area contributed by atoms with Crippen LogP contribution < -0.4 is 4.72 Å². The summed E-state index contributed by atoms with van der Waals surface area (Å²) in [6.07, 6.45) is 0.493. The first kappa shape index (κ1) is 20.4. The van der Waals surface area contributed by atoms with Gasteiger partial charge in [-0.05, 0) is 37.8 Å². The molecule has 0 bridgehead atoms. The van der Waals surface area contributed by atoms with Crippen molar-refractivity contribution in [2.75, 3.05) is 13.6 Å². The van der Waals surface area contributed by atoms with E-state index in [2.05, 4.69) is 19.9 Å². The Bertz CT molecular complexity index is 1330. The van der Waals surface area contributed by atoms with Gasteiger partial charge in [0.15, 0.2) is 21.5 Å². The number of hydrogen-bond donors (Lipinski definition) is 1. The molecular formula is C18H18F2N6O3S2. The van der Waals surface area contributed by atoms with E-state index in [1.807, 2.05) is 6.92 Å². The first-order valence-corrected chi connectivity index (χ1v) is 11.8. The van der Waals surface area contributed by atoms with E-state index >= 15 is 0 Å². The number of carbonyl (C=O) groups excluding carboxylic acids is 1. The maximum atomic E-state index is 13.0. The van der Waals surface area contributed by atoms with E-state index in [-0.39, 0.29) is 27.3 Å². The molecule has 0 saturated heterocycles. The van der Waals surface area contributed by atoms with Crippen LogP contribution in [-0.4, -0.2) is 57.9 Å². The van der Waals surface area contributed by atoms with Gasteiger partial charge in [0, 0.05) is 25.3 Å². The maximum Gasteiger partial charge on any atom is 0.291 e. The van der Waals surface area contributed by atoms with Crippen LogP contribution in [0.2, 0.25) is 0 Å². The van der Waals surface area contributed by atoms with E-state index in [1.165, 1.54) is 15.5 Å². The van der Waals surface area contributed by atoms with Crippen molar-refractivity contribution >= 4 is 32.8 Å². The summed E-state index contributed by atoms with van der Waals surface area (Å²) in [4.78, 5) is 18.7. The van der Waals surface area contributed by atoms with Gasteiger partial charge in [-0.15, -0.1) is 10.2 Å². The lowest BCUT2D eigenvalue weighted by Gasteiger charge is -2.15. The number of halogens is 2. The highest BCUT2D eigenvalue weighted by Gasteiger charge is 2.41. The molecule has 0 atom stereocenters. The summed E-state index contributed by atoms with van der Waals surface area (Å²) in [5.74, 6) is -0.227. The van der Waals surface area contributed by atoms with Crippen molar-refractivity contribution in [3.8, 4) is 10.8 Å². The summed E-state index contributed by atoms with van der Waals surface area (Å²) in [5, 5.41) is 6.89. The number of hydrogen-bond acceptors (Lipinski definition) is 7. The Morgan fingerprint density at radius 2 is 2.03 bits per heavy atom. The molecule has 3 aromatic rings. The average molecular weight is 469 g/mol. The predicted octanol–water partition coefficient (Wildman–Crippen LogP) is 2.25. The summed E-state index contributed by atoms with van der Waals surface area (Å²) in [5.41, 5.74) is 0.750. The molecule has 1 saturated carbocycles. The van der Waals surface area contributed by atoms with Crippen molar-refractivity contribution in [3.05, 3.63) is 28.5 Å². The molecule has 0 spiro atoms. The Hall–Kier alpha value is -2.51. The van der Waals surface area contributed by atoms with Crippen molar-refractivity contribution in [3.63, 3.8) is 0 Å². The van der Waals surface area contributed by atoms with Crippen LogP contribution >= 0.6 is 11.3 Å². The van der Waals surface area contributed by atoms with E-state index < -0.39 is 27.0 Å². The maximum absolute atomic E-state index is 13.0. The fraction of sp³-hybridized carbons (Fsp3) is 0.444. The van der Waals surface area contributed by atoms with Gasteiger partial charge in [0.05, 0.1) is 10.4 Å². The van der Waals surface area contributed by atoms with Gasteiger partial charge in [0.1, 0.15) is 0 Å². The smallest absolute Gasteiger partial charge is 0.291 e. The number of likely N-dealkylation sites (N-methyl/N-ethyl adjacent to an activating group) is 1. The van der Waals surface area contributed by atoms with E-state index in [0.717, 1.165) is 12.8 Å². The topological polar surface area (TPSA) is 110 Å². The molecule has 1 amide bonds. The third-order valence-corrected chi connectivity index (χ3v) is 8.10. The van der Waals surface area contributed by atoms with Gasteiger partial charge in [-0.1, -0.05) is 11.3 Å². The molecule has 31 heavy (non-hydrogen) atoms. The largest absolute Gasteiger partial charge is 0.340 e. The number of alkyl halides is 2. The Morgan fingerprint density at radius 3 is 2.68 bits per heavy atom. The molecule has 4 heterocycles. The molecule has 0 unspecified atom stereocenters. The number of imidazole rings is 1. The number of nitrogens with one attached hydrogen (secondary N) is 1. The normalized spacial score (nSPS) is 18.1. The number of nitrogens with zero attached hydrogens (tertiary/aromatic N) is 5. The Kier molecular flexibility index (Phi) is 4.44. The van der Waals surface area contributed by atoms with E-state index in [0.29, 0.717) is 35.4 Å². The fourth-order valence-corrected chi connectivity index (χ4v) is 5.76. The SMILES string of the molecule is CN1CCc2cc(S(=O)(=O)NC3(C)CC3)cn3c(-c4nnc(C(F)F)s4)nc(c23)C1=O. The van der Waals surface area contributed by atoms with Crippen molar-refractivity contribution in [2.45, 2.75) is 43.0 Å². The third kappa shape index (κ3) is 3.40. The van der Waals surface area contributed by atoms with Gasteiger partial charge in [0.25, 0.3) is 12.3 Å². The van der Waals surface area contributed by atoms with Crippen LogP contribution in [0.5, 0.6) is 0 Å². The standard InChI is InChI=1S/C18H18F2N6O3S2/c1-18(4-5-18)24-31(28,29)10-7-9-3-6-25(2)17(27)11-12(9)26(8-10)14(21-11)16-23-22-15(30-16)13(19)20/h7-8,13,24H,3-6H2,1-2H3. The molecule has 1 aliphatic heterocycles. The number of aromatic nitrogens is 4. The molecular weight excluding hydrogens is 450 g/mol. The summed E-state index contributed by atoms with van der Waals surface area (Å²) >= 11 is 0.654. The summed E-state index contributed by atoms with van der Waals surface area (Å²) in [6, 6.07) is 1.55. The average Bonchev–Trinajstić information content (AvgIpc) is 3.13. The minimum Gasteiger partial charge on any atom is -0.340 e. The molecule has 2 aliphatic rings. The zero-order valence-corrected chi connectivity index (χ0v) is 18.2. The van der Waals surface area contributed by atoms with Crippen molar-refractivity contribution in [1.82, 2.24) is 29.2 Å². The highest BCUT2D eigenvalue weighted by molar-refractivity contribution is 7.89. The van der Waals surface area contributed by atoms with Gasteiger partial charge in [-0.25, -0.2) is 26.9 Å². The van der Waals surface area contributed by atoms with Crippen molar-refractivity contribution in [1.29, 1.82) is 0 Å². The van der Waals surface area contributed by atoms with Crippen LogP contribution in [0.15, 0.2) is 17.2 Å². The molecule has 0 aromatic carbocycles. The zero-order valence-electron chi connectivity index (χ0n) is 16.6. The second-order valence-corrected chi connectivity index (χ2v) is 10.8. The number of amides is 1. The quantitative estimate of drug-likeness (QED) is 0.615. The highest BCUT2D eigenvalue weighted by Crippen LogP contribution is 2.37. The fourth-order valence-electron chi connectivity index (χ4n) is 3.56. The minimum atomic E-state index is -3.84. The second kappa shape index (κ2) is 6.74. The Morgan fingerprint density at radius 1 is 1.29 bits per heavy atom. The minimum absolute atomic E-state index is 0.0175. The number of sulfonamides is 1. The molecule has 0 radical (unpaired) electrons. The highest BCUT2D eigenvalue weighted by atomic mass is 32.2. The summed E-state index contributed by atoms with van der Waals surface area (Å²) < 4.78 is 56.3. The lowest BCUT2D eigenvalue weighted by molar-refractivity contribution is 0.0796. The molecule has 1 aliphatic carbocycles. The predicted molar refractivity (Wildman–Crippen MR) is 108 cm³/mol. The summed E-state index contributed by atoms with van der Waals surface area (Å²) in [6.45, 7) is 2.23. The molecule has 5 rings (SSSR count). The zero-order chi connectivity index (χ0) is 22.1. The Labute approximate surface area is 180 Å². The van der Waals surface area contributed by atoms with E-state index in [9.17, 15) is 22.0 Å². The van der Waals surface area contributed by atoms with E-state index in [4.69, 9.17) is 0 Å². The van der Waals surface area contributed by atoms with Crippen LogP contribution in [0.1, 0.15) is 47.3 Å². The van der Waals surface area contributed by atoms with Crippen LogP contribution in [0.3, 0.4) is 0 Å². The number of pyridine rings is 1. The van der Waals surface area contributed by atoms with Gasteiger partial charge >= 0.3 is 0 Å². The first-order valence-electron chi connectivity index (χ1n) is 9.54. The molecule has 3 aromatic heterocycles. The summed E-state index contributed by atoms with van der Waals surface area (Å²) in [7, 11) is -2.21. The molecule has 9 nitrogen and oxygen atoms in total.